The molecule has 0 atom stereocenters. The van der Waals surface area contributed by atoms with Crippen LogP contribution in [-0.2, 0) is 16.4 Å². The molecule has 0 saturated heterocycles. The molecule has 8 nitrogen and oxygen atoms in total. The predicted octanol–water partition coefficient (Wildman–Crippen LogP) is 2.26. The van der Waals surface area contributed by atoms with Gasteiger partial charge in [0, 0.05) is 48.9 Å². The van der Waals surface area contributed by atoms with Gasteiger partial charge in [0.1, 0.15) is 0 Å². The van der Waals surface area contributed by atoms with Crippen LogP contribution in [0.3, 0.4) is 0 Å². The summed E-state index contributed by atoms with van der Waals surface area (Å²) in [7, 11) is -0.857. The third kappa shape index (κ3) is 4.84. The van der Waals surface area contributed by atoms with Crippen LogP contribution in [0.15, 0.2) is 52.2 Å². The maximum Gasteiger partial charge on any atom is 0.255 e. The monoisotopic (exact) mass is 443 g/mol. The smallest absolute Gasteiger partial charge is 0.255 e. The zero-order chi connectivity index (χ0) is 22.8. The fourth-order valence-corrected chi connectivity index (χ4v) is 4.25. The first-order valence-corrected chi connectivity index (χ1v) is 11.2. The maximum atomic E-state index is 13.1. The van der Waals surface area contributed by atoms with Gasteiger partial charge in [0.05, 0.1) is 4.90 Å². The van der Waals surface area contributed by atoms with Gasteiger partial charge in [-0.2, -0.15) is 0 Å². The van der Waals surface area contributed by atoms with Crippen molar-refractivity contribution in [3.05, 3.63) is 69.5 Å². The van der Waals surface area contributed by atoms with Crippen molar-refractivity contribution in [1.82, 2.24) is 9.29 Å². The standard InChI is InChI=1S/C22H25N3O5S/c1-14-11-21(27)24-20-9-7-16(12-18(14)20)23-22(28)19-13-17(31(29,30)25(2)3)8-6-15(19)5-4-10-26/h6-9,11-13,26H,4-5,10H2,1-3H3,(H,23,28)(H,24,27). The molecule has 0 aliphatic heterocycles. The van der Waals surface area contributed by atoms with Gasteiger partial charge in [0.15, 0.2) is 0 Å². The van der Waals surface area contributed by atoms with Crippen molar-refractivity contribution in [1.29, 1.82) is 0 Å². The number of fused-ring (bicyclic) bond motifs is 1. The number of amides is 1. The molecule has 1 aromatic heterocycles. The number of pyridine rings is 1. The highest BCUT2D eigenvalue weighted by molar-refractivity contribution is 7.89. The molecular formula is C22H25N3O5S. The summed E-state index contributed by atoms with van der Waals surface area (Å²) >= 11 is 0. The number of benzene rings is 2. The number of aromatic nitrogens is 1. The van der Waals surface area contributed by atoms with Crippen LogP contribution in [0, 0.1) is 6.92 Å². The molecule has 3 aromatic rings. The fraction of sp³-hybridized carbons (Fsp3) is 0.273. The summed E-state index contributed by atoms with van der Waals surface area (Å²) in [4.78, 5) is 27.5. The second kappa shape index (κ2) is 9.01. The highest BCUT2D eigenvalue weighted by atomic mass is 32.2. The minimum Gasteiger partial charge on any atom is -0.396 e. The van der Waals surface area contributed by atoms with Gasteiger partial charge in [0.25, 0.3) is 5.91 Å². The maximum absolute atomic E-state index is 13.1. The fourth-order valence-electron chi connectivity index (χ4n) is 3.32. The van der Waals surface area contributed by atoms with E-state index in [2.05, 4.69) is 10.3 Å². The molecule has 9 heteroatoms. The van der Waals surface area contributed by atoms with Crippen molar-refractivity contribution in [2.45, 2.75) is 24.7 Å². The van der Waals surface area contributed by atoms with Gasteiger partial charge >= 0.3 is 0 Å². The van der Waals surface area contributed by atoms with Crippen molar-refractivity contribution < 1.29 is 18.3 Å². The summed E-state index contributed by atoms with van der Waals surface area (Å²) in [5.74, 6) is -0.454. The van der Waals surface area contributed by atoms with Crippen LogP contribution >= 0.6 is 0 Å². The molecule has 3 N–H and O–H groups in total. The highest BCUT2D eigenvalue weighted by Crippen LogP contribution is 2.23. The Labute approximate surface area is 180 Å². The lowest BCUT2D eigenvalue weighted by atomic mass is 10.0. The third-order valence-corrected chi connectivity index (χ3v) is 6.83. The summed E-state index contributed by atoms with van der Waals surface area (Å²) in [6, 6.07) is 11.1. The van der Waals surface area contributed by atoms with E-state index in [1.165, 1.54) is 32.3 Å². The van der Waals surface area contributed by atoms with E-state index >= 15 is 0 Å². The van der Waals surface area contributed by atoms with Gasteiger partial charge < -0.3 is 15.4 Å². The molecule has 0 radical (unpaired) electrons. The average Bonchev–Trinajstić information content (AvgIpc) is 2.72. The molecule has 164 valence electrons. The van der Waals surface area contributed by atoms with Crippen molar-refractivity contribution in [3.8, 4) is 0 Å². The van der Waals surface area contributed by atoms with Gasteiger partial charge in [-0.15, -0.1) is 0 Å². The Balaban J connectivity index is 2.01. The van der Waals surface area contributed by atoms with E-state index in [9.17, 15) is 18.0 Å². The van der Waals surface area contributed by atoms with E-state index in [-0.39, 0.29) is 22.6 Å². The van der Waals surface area contributed by atoms with Crippen LogP contribution in [0.25, 0.3) is 10.9 Å². The minimum absolute atomic E-state index is 0.0160. The van der Waals surface area contributed by atoms with Crippen LogP contribution in [0.4, 0.5) is 5.69 Å². The van der Waals surface area contributed by atoms with E-state index in [1.807, 2.05) is 6.92 Å². The average molecular weight is 444 g/mol. The first-order chi connectivity index (χ1) is 14.6. The number of H-pyrrole nitrogens is 1. The van der Waals surface area contributed by atoms with E-state index in [0.29, 0.717) is 29.6 Å². The number of aliphatic hydroxyl groups is 1. The molecule has 0 bridgehead atoms. The zero-order valence-electron chi connectivity index (χ0n) is 17.6. The van der Waals surface area contributed by atoms with Gasteiger partial charge in [-0.3, -0.25) is 9.59 Å². The second-order valence-electron chi connectivity index (χ2n) is 7.46. The Morgan fingerprint density at radius 3 is 2.55 bits per heavy atom. The Kier molecular flexibility index (Phi) is 6.59. The van der Waals surface area contributed by atoms with Crippen molar-refractivity contribution >= 4 is 32.5 Å². The Morgan fingerprint density at radius 1 is 1.13 bits per heavy atom. The van der Waals surface area contributed by atoms with Crippen molar-refractivity contribution in [2.75, 3.05) is 26.0 Å². The van der Waals surface area contributed by atoms with Crippen LogP contribution in [-0.4, -0.2) is 49.4 Å². The molecule has 0 aliphatic carbocycles. The first-order valence-electron chi connectivity index (χ1n) is 9.75. The summed E-state index contributed by atoms with van der Waals surface area (Å²) in [6.07, 6.45) is 0.877. The number of hydrogen-bond donors (Lipinski definition) is 3. The molecule has 0 fully saturated rings. The van der Waals surface area contributed by atoms with Crippen molar-refractivity contribution in [2.24, 2.45) is 0 Å². The van der Waals surface area contributed by atoms with E-state index < -0.39 is 15.9 Å². The topological polar surface area (TPSA) is 120 Å². The van der Waals surface area contributed by atoms with E-state index in [4.69, 9.17) is 5.11 Å². The summed E-state index contributed by atoms with van der Waals surface area (Å²) < 4.78 is 26.1. The van der Waals surface area contributed by atoms with Crippen molar-refractivity contribution in [3.63, 3.8) is 0 Å². The summed E-state index contributed by atoms with van der Waals surface area (Å²) in [5, 5.41) is 12.8. The lowest BCUT2D eigenvalue weighted by Crippen LogP contribution is -2.23. The molecular weight excluding hydrogens is 418 g/mol. The normalized spacial score (nSPS) is 11.8. The highest BCUT2D eigenvalue weighted by Gasteiger charge is 2.21. The number of nitrogens with one attached hydrogen (secondary N) is 2. The molecule has 3 rings (SSSR count). The number of sulfonamides is 1. The third-order valence-electron chi connectivity index (χ3n) is 5.02. The molecule has 0 saturated carbocycles. The van der Waals surface area contributed by atoms with Crippen LogP contribution in [0.2, 0.25) is 0 Å². The number of carbonyl (C=O) groups excluding carboxylic acids is 1. The SMILES string of the molecule is Cc1cc(=O)[nH]c2ccc(NC(=O)c3cc(S(=O)(=O)N(C)C)ccc3CCCO)cc12. The van der Waals surface area contributed by atoms with Crippen LogP contribution in [0.1, 0.15) is 27.9 Å². The van der Waals surface area contributed by atoms with Gasteiger partial charge in [0.2, 0.25) is 15.6 Å². The molecule has 0 unspecified atom stereocenters. The molecule has 2 aromatic carbocycles. The van der Waals surface area contributed by atoms with E-state index in [1.54, 1.807) is 24.3 Å². The Hall–Kier alpha value is -3.01. The summed E-state index contributed by atoms with van der Waals surface area (Å²) in [6.45, 7) is 1.77. The minimum atomic E-state index is -3.71. The molecule has 0 aliphatic rings. The first kappa shape index (κ1) is 22.7. The largest absolute Gasteiger partial charge is 0.396 e. The number of aromatic amines is 1. The molecule has 31 heavy (non-hydrogen) atoms. The number of aliphatic hydroxyl groups excluding tert-OH is 1. The predicted molar refractivity (Wildman–Crippen MR) is 120 cm³/mol. The number of anilines is 1. The number of carbonyl (C=O) groups is 1. The number of aryl methyl sites for hydroxylation is 2. The van der Waals surface area contributed by atoms with Gasteiger partial charge in [-0.05, 0) is 61.2 Å². The zero-order valence-corrected chi connectivity index (χ0v) is 18.4. The Bertz CT molecular complexity index is 1300. The quantitative estimate of drug-likeness (QED) is 0.517. The lowest BCUT2D eigenvalue weighted by Gasteiger charge is -2.15. The molecule has 0 spiro atoms. The summed E-state index contributed by atoms with van der Waals surface area (Å²) in [5.41, 5.74) is 2.62. The molecule has 1 amide bonds. The Morgan fingerprint density at radius 2 is 1.87 bits per heavy atom. The second-order valence-corrected chi connectivity index (χ2v) is 9.62. The number of hydrogen-bond acceptors (Lipinski definition) is 5. The van der Waals surface area contributed by atoms with E-state index in [0.717, 1.165) is 15.3 Å². The van der Waals surface area contributed by atoms with Crippen LogP contribution in [0.5, 0.6) is 0 Å². The number of nitrogens with zero attached hydrogens (tertiary/aromatic N) is 1. The molecule has 1 heterocycles. The van der Waals surface area contributed by atoms with Crippen LogP contribution < -0.4 is 10.9 Å². The number of rotatable bonds is 7. The lowest BCUT2D eigenvalue weighted by molar-refractivity contribution is 0.102. The van der Waals surface area contributed by atoms with Gasteiger partial charge in [-0.25, -0.2) is 12.7 Å². The van der Waals surface area contributed by atoms with Gasteiger partial charge in [-0.1, -0.05) is 6.07 Å².